The van der Waals surface area contributed by atoms with E-state index in [1.54, 1.807) is 6.92 Å². The van der Waals surface area contributed by atoms with Crippen molar-refractivity contribution in [3.05, 3.63) is 41.5 Å². The van der Waals surface area contributed by atoms with E-state index in [0.29, 0.717) is 6.42 Å². The monoisotopic (exact) mass is 360 g/mol. The quantitative estimate of drug-likeness (QED) is 0.529. The smallest absolute Gasteiger partial charge is 0.168 e. The Morgan fingerprint density at radius 2 is 1.85 bits per heavy atom. The van der Waals surface area contributed by atoms with Gasteiger partial charge in [0.1, 0.15) is 17.2 Å². The highest BCUT2D eigenvalue weighted by Gasteiger charge is 2.50. The lowest BCUT2D eigenvalue weighted by atomic mass is 9.78. The van der Waals surface area contributed by atoms with Crippen molar-refractivity contribution >= 4 is 5.78 Å². The van der Waals surface area contributed by atoms with Gasteiger partial charge in [-0.05, 0) is 24.1 Å². The number of aromatic hydroxyl groups is 4. The first-order chi connectivity index (χ1) is 12.3. The van der Waals surface area contributed by atoms with Crippen LogP contribution in [-0.2, 0) is 11.2 Å². The highest BCUT2D eigenvalue weighted by Crippen LogP contribution is 2.47. The average molecular weight is 360 g/mol. The summed E-state index contributed by atoms with van der Waals surface area (Å²) in [7, 11) is 0. The Kier molecular flexibility index (Phi) is 4.41. The topological polar surface area (TPSA) is 127 Å². The standard InChI is InChI=1S/C19H20O7/c1-2-3-17(24)19(25)9-12-14(22)7-11(20)8-16(12)26-18(19)10-4-5-13(21)15(23)6-10/h4-8,18,20-23,25H,2-3,9H2,1H3/t18-,19-/m1/s1. The van der Waals surface area contributed by atoms with Gasteiger partial charge in [0.15, 0.2) is 29.0 Å². The number of rotatable bonds is 4. The Balaban J connectivity index is 2.14. The van der Waals surface area contributed by atoms with Crippen LogP contribution >= 0.6 is 0 Å². The third-order valence-corrected chi connectivity index (χ3v) is 4.56. The largest absolute Gasteiger partial charge is 0.508 e. The van der Waals surface area contributed by atoms with Crippen LogP contribution in [0.15, 0.2) is 30.3 Å². The molecule has 0 amide bonds. The van der Waals surface area contributed by atoms with E-state index >= 15 is 0 Å². The van der Waals surface area contributed by atoms with Crippen molar-refractivity contribution in [2.24, 2.45) is 0 Å². The van der Waals surface area contributed by atoms with E-state index < -0.39 is 23.2 Å². The summed E-state index contributed by atoms with van der Waals surface area (Å²) in [6.45, 7) is 1.80. The Labute approximate surface area is 149 Å². The van der Waals surface area contributed by atoms with Gasteiger partial charge in [-0.3, -0.25) is 4.79 Å². The number of hydrogen-bond donors (Lipinski definition) is 5. The van der Waals surface area contributed by atoms with Crippen LogP contribution < -0.4 is 4.74 Å². The zero-order chi connectivity index (χ0) is 19.1. The van der Waals surface area contributed by atoms with Crippen molar-refractivity contribution in [1.82, 2.24) is 0 Å². The van der Waals surface area contributed by atoms with Crippen LogP contribution in [0, 0.1) is 0 Å². The maximum atomic E-state index is 12.7. The van der Waals surface area contributed by atoms with E-state index in [4.69, 9.17) is 4.74 Å². The average Bonchev–Trinajstić information content (AvgIpc) is 2.58. The first-order valence-corrected chi connectivity index (χ1v) is 8.25. The van der Waals surface area contributed by atoms with Gasteiger partial charge in [0.2, 0.25) is 0 Å². The number of hydrogen-bond acceptors (Lipinski definition) is 7. The maximum Gasteiger partial charge on any atom is 0.168 e. The molecule has 2 atom stereocenters. The molecular weight excluding hydrogens is 340 g/mol. The molecule has 138 valence electrons. The molecule has 7 nitrogen and oxygen atoms in total. The lowest BCUT2D eigenvalue weighted by Gasteiger charge is -2.40. The van der Waals surface area contributed by atoms with Gasteiger partial charge in [0.05, 0.1) is 0 Å². The number of carbonyl (C=O) groups is 1. The van der Waals surface area contributed by atoms with Gasteiger partial charge < -0.3 is 30.3 Å². The number of carbonyl (C=O) groups excluding carboxylic acids is 1. The summed E-state index contributed by atoms with van der Waals surface area (Å²) in [4.78, 5) is 12.7. The molecule has 1 heterocycles. The van der Waals surface area contributed by atoms with Crippen LogP contribution in [0.4, 0.5) is 0 Å². The fourth-order valence-electron chi connectivity index (χ4n) is 3.22. The molecule has 5 N–H and O–H groups in total. The second-order valence-corrected chi connectivity index (χ2v) is 6.46. The van der Waals surface area contributed by atoms with Gasteiger partial charge in [-0.25, -0.2) is 0 Å². The lowest BCUT2D eigenvalue weighted by molar-refractivity contribution is -0.151. The van der Waals surface area contributed by atoms with Crippen molar-refractivity contribution in [3.63, 3.8) is 0 Å². The lowest BCUT2D eigenvalue weighted by Crippen LogP contribution is -2.51. The van der Waals surface area contributed by atoms with Gasteiger partial charge in [-0.1, -0.05) is 13.0 Å². The summed E-state index contributed by atoms with van der Waals surface area (Å²) in [5, 5.41) is 50.2. The molecule has 1 aliphatic heterocycles. The summed E-state index contributed by atoms with van der Waals surface area (Å²) in [5.41, 5.74) is -1.48. The Morgan fingerprint density at radius 3 is 2.50 bits per heavy atom. The second-order valence-electron chi connectivity index (χ2n) is 6.46. The van der Waals surface area contributed by atoms with Gasteiger partial charge in [-0.2, -0.15) is 0 Å². The third kappa shape index (κ3) is 2.90. The summed E-state index contributed by atoms with van der Waals surface area (Å²) in [5.74, 6) is -1.59. The molecule has 0 unspecified atom stereocenters. The molecule has 0 aromatic heterocycles. The molecule has 1 aliphatic rings. The molecule has 0 bridgehead atoms. The number of benzene rings is 2. The van der Waals surface area contributed by atoms with E-state index in [-0.39, 0.29) is 47.0 Å². The van der Waals surface area contributed by atoms with E-state index in [1.165, 1.54) is 24.3 Å². The molecule has 7 heteroatoms. The van der Waals surface area contributed by atoms with Gasteiger partial charge in [0, 0.05) is 30.5 Å². The van der Waals surface area contributed by atoms with E-state index in [1.807, 2.05) is 0 Å². The predicted molar refractivity (Wildman–Crippen MR) is 91.5 cm³/mol. The molecule has 0 aliphatic carbocycles. The number of phenols is 4. The zero-order valence-electron chi connectivity index (χ0n) is 14.1. The van der Waals surface area contributed by atoms with Gasteiger partial charge in [0.25, 0.3) is 0 Å². The van der Waals surface area contributed by atoms with E-state index in [0.717, 1.165) is 6.07 Å². The van der Waals surface area contributed by atoms with Crippen molar-refractivity contribution < 1.29 is 35.1 Å². The van der Waals surface area contributed by atoms with Crippen molar-refractivity contribution in [2.75, 3.05) is 0 Å². The Hall–Kier alpha value is -2.93. The minimum absolute atomic E-state index is 0.106. The summed E-state index contributed by atoms with van der Waals surface area (Å²) in [6.07, 6.45) is -0.765. The highest BCUT2D eigenvalue weighted by molar-refractivity contribution is 5.89. The molecule has 0 spiro atoms. The van der Waals surface area contributed by atoms with Crippen LogP contribution in [0.3, 0.4) is 0 Å². The number of phenolic OH excluding ortho intramolecular Hbond substituents is 4. The molecule has 3 rings (SSSR count). The first kappa shape index (κ1) is 17.9. The molecule has 26 heavy (non-hydrogen) atoms. The SMILES string of the molecule is CCCC(=O)[C@]1(O)Cc2c(O)cc(O)cc2O[C@@H]1c1ccc(O)c(O)c1. The number of Topliss-reactive ketones (excluding diaryl/α,β-unsaturated/α-hetero) is 1. The summed E-state index contributed by atoms with van der Waals surface area (Å²) >= 11 is 0. The number of ketones is 1. The molecule has 2 aromatic carbocycles. The molecule has 0 radical (unpaired) electrons. The zero-order valence-corrected chi connectivity index (χ0v) is 14.1. The van der Waals surface area contributed by atoms with Crippen LogP contribution in [0.2, 0.25) is 0 Å². The van der Waals surface area contributed by atoms with Crippen molar-refractivity contribution in [1.29, 1.82) is 0 Å². The number of fused-ring (bicyclic) bond motifs is 1. The molecule has 0 saturated carbocycles. The minimum atomic E-state index is -1.97. The third-order valence-electron chi connectivity index (χ3n) is 4.56. The number of ether oxygens (including phenoxy) is 1. The van der Waals surface area contributed by atoms with Crippen LogP contribution in [-0.4, -0.2) is 36.9 Å². The fraction of sp³-hybridized carbons (Fsp3) is 0.316. The second kappa shape index (κ2) is 6.42. The predicted octanol–water partition coefficient (Wildman–Crippen LogP) is 2.29. The maximum absolute atomic E-state index is 12.7. The molecular formula is C19H20O7. The van der Waals surface area contributed by atoms with Crippen molar-refractivity contribution in [2.45, 2.75) is 37.9 Å². The van der Waals surface area contributed by atoms with E-state index in [2.05, 4.69) is 0 Å². The Bertz CT molecular complexity index is 861. The number of aliphatic hydroxyl groups is 1. The van der Waals surface area contributed by atoms with Crippen molar-refractivity contribution in [3.8, 4) is 28.7 Å². The first-order valence-electron chi connectivity index (χ1n) is 8.25. The summed E-state index contributed by atoms with van der Waals surface area (Å²) in [6, 6.07) is 6.26. The van der Waals surface area contributed by atoms with Crippen LogP contribution in [0.1, 0.15) is 37.0 Å². The minimum Gasteiger partial charge on any atom is -0.508 e. The van der Waals surface area contributed by atoms with Crippen LogP contribution in [0.25, 0.3) is 0 Å². The normalized spacial score (nSPS) is 21.7. The fourth-order valence-corrected chi connectivity index (χ4v) is 3.22. The molecule has 2 aromatic rings. The van der Waals surface area contributed by atoms with E-state index in [9.17, 15) is 30.3 Å². The molecule has 0 saturated heterocycles. The van der Waals surface area contributed by atoms with Crippen LogP contribution in [0.5, 0.6) is 28.7 Å². The van der Waals surface area contributed by atoms with Gasteiger partial charge >= 0.3 is 0 Å². The molecule has 0 fully saturated rings. The highest BCUT2D eigenvalue weighted by atomic mass is 16.5. The Morgan fingerprint density at radius 1 is 1.12 bits per heavy atom. The van der Waals surface area contributed by atoms with Gasteiger partial charge in [-0.15, -0.1) is 0 Å². The summed E-state index contributed by atoms with van der Waals surface area (Å²) < 4.78 is 5.77.